The Bertz CT molecular complexity index is 1470. The molecule has 2 saturated heterocycles. The number of aliphatic hydroxyl groups is 8. The molecule has 2 aliphatic heterocycles. The summed E-state index contributed by atoms with van der Waals surface area (Å²) in [5, 5.41) is 87.1. The molecule has 12 atom stereocenters. The monoisotopic (exact) mass is 1010 g/mol. The molecule has 2 heterocycles. The number of allylic oxidation sites excluding steroid dienone is 12. The summed E-state index contributed by atoms with van der Waals surface area (Å²) in [5.74, 6) is -0.251. The van der Waals surface area contributed by atoms with Crippen LogP contribution in [0.2, 0.25) is 0 Å². The topological polar surface area (TPSA) is 228 Å². The Morgan fingerprint density at radius 2 is 0.972 bits per heavy atom. The van der Waals surface area contributed by atoms with Gasteiger partial charge in [-0.15, -0.1) is 0 Å². The summed E-state index contributed by atoms with van der Waals surface area (Å²) in [5.41, 5.74) is 0. The standard InChI is InChI=1S/C57H99NO13/c1-3-5-7-9-11-13-15-17-19-21-22-23-24-25-27-29-31-33-35-37-39-41-49(62)58-45(46(61)40-38-36-34-32-30-28-26-20-18-16-14-12-10-8-6-4-2)44-68-56-54(67)52(65)55(48(43-60)70-56)71-57-53(66)51(64)50(63)47(42-59)69-57/h5,7,11,13,17,19,22-23,25,27,31,33,45-48,50-57,59-61,63-67H,3-4,6,8-10,12,14-16,18,20-21,24,26,28-30,32,34-44H2,1-2H3,(H,58,62)/b7-5-,13-11-,19-17-,23-22-,27-25-,33-31-. The largest absolute Gasteiger partial charge is 0.394 e. The normalized spacial score (nSPS) is 26.3. The van der Waals surface area contributed by atoms with E-state index in [0.717, 1.165) is 77.0 Å². The smallest absolute Gasteiger partial charge is 0.220 e. The third-order valence-electron chi connectivity index (χ3n) is 13.2. The molecule has 14 nitrogen and oxygen atoms in total. The molecule has 0 aromatic carbocycles. The van der Waals surface area contributed by atoms with Crippen LogP contribution in [0, 0.1) is 0 Å². The van der Waals surface area contributed by atoms with E-state index in [1.54, 1.807) is 0 Å². The zero-order chi connectivity index (χ0) is 51.7. The molecular formula is C57H99NO13. The quantitative estimate of drug-likeness (QED) is 0.0207. The first kappa shape index (κ1) is 64.5. The minimum atomic E-state index is -1.79. The Balaban J connectivity index is 1.82. The van der Waals surface area contributed by atoms with Crippen molar-refractivity contribution >= 4 is 5.91 Å². The highest BCUT2D eigenvalue weighted by molar-refractivity contribution is 5.76. The second kappa shape index (κ2) is 42.8. The average Bonchev–Trinajstić information content (AvgIpc) is 3.37. The Hall–Kier alpha value is -2.57. The lowest BCUT2D eigenvalue weighted by atomic mass is 9.97. The fraction of sp³-hybridized carbons (Fsp3) is 0.772. The van der Waals surface area contributed by atoms with Crippen LogP contribution >= 0.6 is 0 Å². The van der Waals surface area contributed by atoms with Crippen LogP contribution in [0.1, 0.15) is 187 Å². The van der Waals surface area contributed by atoms with Gasteiger partial charge in [0.2, 0.25) is 5.91 Å². The molecule has 1 amide bonds. The van der Waals surface area contributed by atoms with Gasteiger partial charge in [0, 0.05) is 6.42 Å². The summed E-state index contributed by atoms with van der Waals surface area (Å²) in [6.45, 7) is 2.70. The summed E-state index contributed by atoms with van der Waals surface area (Å²) in [4.78, 5) is 13.2. The van der Waals surface area contributed by atoms with Gasteiger partial charge in [0.25, 0.3) is 0 Å². The SMILES string of the molecule is CC/C=C\C/C=C\C/C=C\C/C=C\C/C=C\C/C=C\CCCCC(=O)NC(COC1OC(CO)C(OC2OC(CO)C(O)C(O)C2O)C(O)C1O)C(O)CCCCCCCCCCCCCCCCCC. The van der Waals surface area contributed by atoms with E-state index in [9.17, 15) is 45.6 Å². The Kier molecular flexibility index (Phi) is 38.9. The molecule has 0 radical (unpaired) electrons. The Morgan fingerprint density at radius 1 is 0.521 bits per heavy atom. The maximum absolute atomic E-state index is 13.2. The molecule has 0 aliphatic carbocycles. The van der Waals surface area contributed by atoms with Gasteiger partial charge in [0.05, 0.1) is 32.0 Å². The molecule has 2 fully saturated rings. The number of amides is 1. The number of carbonyl (C=O) groups excluding carboxylic acids is 1. The van der Waals surface area contributed by atoms with Crippen molar-refractivity contribution in [2.24, 2.45) is 0 Å². The number of rotatable bonds is 42. The van der Waals surface area contributed by atoms with Crippen LogP contribution in [0.15, 0.2) is 72.9 Å². The van der Waals surface area contributed by atoms with E-state index in [1.165, 1.54) is 77.0 Å². The van der Waals surface area contributed by atoms with Crippen LogP contribution in [0.3, 0.4) is 0 Å². The van der Waals surface area contributed by atoms with E-state index >= 15 is 0 Å². The summed E-state index contributed by atoms with van der Waals surface area (Å²) in [6, 6.07) is -0.856. The number of ether oxygens (including phenoxy) is 4. The van der Waals surface area contributed by atoms with Gasteiger partial charge in [-0.2, -0.15) is 0 Å². The number of unbranched alkanes of at least 4 members (excludes halogenated alkanes) is 17. The van der Waals surface area contributed by atoms with Crippen LogP contribution in [-0.2, 0) is 23.7 Å². The molecule has 410 valence electrons. The third kappa shape index (κ3) is 29.2. The predicted octanol–water partition coefficient (Wildman–Crippen LogP) is 8.38. The maximum atomic E-state index is 13.2. The number of hydrogen-bond donors (Lipinski definition) is 9. The summed E-state index contributed by atoms with van der Waals surface area (Å²) in [7, 11) is 0. The number of aliphatic hydroxyl groups excluding tert-OH is 8. The van der Waals surface area contributed by atoms with Gasteiger partial charge in [-0.05, 0) is 64.2 Å². The molecule has 0 aromatic rings. The fourth-order valence-corrected chi connectivity index (χ4v) is 8.71. The van der Waals surface area contributed by atoms with Gasteiger partial charge in [-0.25, -0.2) is 0 Å². The van der Waals surface area contributed by atoms with Crippen molar-refractivity contribution in [3.05, 3.63) is 72.9 Å². The molecule has 0 aromatic heterocycles. The first-order chi connectivity index (χ1) is 34.6. The van der Waals surface area contributed by atoms with Crippen molar-refractivity contribution < 1.29 is 64.6 Å². The van der Waals surface area contributed by atoms with E-state index in [2.05, 4.69) is 92.1 Å². The predicted molar refractivity (Wildman–Crippen MR) is 281 cm³/mol. The van der Waals surface area contributed by atoms with Crippen molar-refractivity contribution in [1.29, 1.82) is 0 Å². The molecule has 14 heteroatoms. The summed E-state index contributed by atoms with van der Waals surface area (Å²) >= 11 is 0. The molecule has 0 spiro atoms. The van der Waals surface area contributed by atoms with Crippen LogP contribution in [0.4, 0.5) is 0 Å². The van der Waals surface area contributed by atoms with E-state index in [0.29, 0.717) is 12.8 Å². The molecule has 0 bridgehead atoms. The molecular weight excluding hydrogens is 907 g/mol. The Morgan fingerprint density at radius 3 is 1.46 bits per heavy atom. The van der Waals surface area contributed by atoms with Gasteiger partial charge < -0.3 is 65.1 Å². The van der Waals surface area contributed by atoms with Crippen LogP contribution < -0.4 is 5.32 Å². The van der Waals surface area contributed by atoms with Crippen molar-refractivity contribution in [2.75, 3.05) is 19.8 Å². The van der Waals surface area contributed by atoms with Crippen LogP contribution in [0.25, 0.3) is 0 Å². The van der Waals surface area contributed by atoms with Gasteiger partial charge >= 0.3 is 0 Å². The van der Waals surface area contributed by atoms with Crippen LogP contribution in [-0.4, -0.2) is 140 Å². The number of carbonyl (C=O) groups is 1. The first-order valence-corrected chi connectivity index (χ1v) is 27.7. The lowest BCUT2D eigenvalue weighted by molar-refractivity contribution is -0.359. The first-order valence-electron chi connectivity index (χ1n) is 27.7. The second-order valence-corrected chi connectivity index (χ2v) is 19.3. The highest BCUT2D eigenvalue weighted by Crippen LogP contribution is 2.30. The zero-order valence-electron chi connectivity index (χ0n) is 43.7. The zero-order valence-corrected chi connectivity index (χ0v) is 43.7. The summed E-state index contributed by atoms with van der Waals surface area (Å²) in [6.07, 6.45) is 37.5. The molecule has 2 rings (SSSR count). The molecule has 0 saturated carbocycles. The van der Waals surface area contributed by atoms with Gasteiger partial charge in [0.15, 0.2) is 12.6 Å². The van der Waals surface area contributed by atoms with Gasteiger partial charge in [-0.3, -0.25) is 4.79 Å². The van der Waals surface area contributed by atoms with Crippen molar-refractivity contribution in [3.8, 4) is 0 Å². The van der Waals surface area contributed by atoms with E-state index in [1.807, 2.05) is 0 Å². The Labute approximate surface area is 428 Å². The van der Waals surface area contributed by atoms with Crippen molar-refractivity contribution in [3.63, 3.8) is 0 Å². The van der Waals surface area contributed by atoms with Crippen LogP contribution in [0.5, 0.6) is 0 Å². The number of hydrogen-bond acceptors (Lipinski definition) is 13. The summed E-state index contributed by atoms with van der Waals surface area (Å²) < 4.78 is 22.8. The third-order valence-corrected chi connectivity index (χ3v) is 13.2. The van der Waals surface area contributed by atoms with Crippen molar-refractivity contribution in [2.45, 2.75) is 261 Å². The minimum Gasteiger partial charge on any atom is -0.394 e. The lowest BCUT2D eigenvalue weighted by Gasteiger charge is -2.46. The average molecular weight is 1010 g/mol. The maximum Gasteiger partial charge on any atom is 0.220 e. The highest BCUT2D eigenvalue weighted by Gasteiger charge is 2.51. The van der Waals surface area contributed by atoms with E-state index in [-0.39, 0.29) is 18.9 Å². The highest BCUT2D eigenvalue weighted by atomic mass is 16.7. The van der Waals surface area contributed by atoms with E-state index in [4.69, 9.17) is 18.9 Å². The number of nitrogens with one attached hydrogen (secondary N) is 1. The fourth-order valence-electron chi connectivity index (χ4n) is 8.71. The molecule has 12 unspecified atom stereocenters. The lowest BCUT2D eigenvalue weighted by Crippen LogP contribution is -2.65. The minimum absolute atomic E-state index is 0.246. The molecule has 9 N–H and O–H groups in total. The van der Waals surface area contributed by atoms with Crippen molar-refractivity contribution in [1.82, 2.24) is 5.32 Å². The second-order valence-electron chi connectivity index (χ2n) is 19.3. The van der Waals surface area contributed by atoms with E-state index < -0.39 is 86.8 Å². The van der Waals surface area contributed by atoms with Gasteiger partial charge in [0.1, 0.15) is 48.8 Å². The molecule has 71 heavy (non-hydrogen) atoms. The molecule has 2 aliphatic rings. The van der Waals surface area contributed by atoms with Gasteiger partial charge in [-0.1, -0.05) is 189 Å².